The van der Waals surface area contributed by atoms with Gasteiger partial charge < -0.3 is 5.11 Å². The normalized spacial score (nSPS) is 6.38. The van der Waals surface area contributed by atoms with Crippen molar-refractivity contribution in [3.05, 3.63) is 19.3 Å². The summed E-state index contributed by atoms with van der Waals surface area (Å²) in [6.07, 6.45) is 3.58. The average Bonchev–Trinajstić information content (AvgIpc) is 1.88. The van der Waals surface area contributed by atoms with E-state index in [0.29, 0.717) is 0 Å². The summed E-state index contributed by atoms with van der Waals surface area (Å²) >= 11 is 0. The molecule has 0 aromatic rings. The first-order valence-corrected chi connectivity index (χ1v) is 2.34. The quantitative estimate of drug-likeness (QED) is 0.252. The van der Waals surface area contributed by atoms with Crippen LogP contribution in [0.15, 0.2) is 12.7 Å². The Hall–Kier alpha value is -0.560. The summed E-state index contributed by atoms with van der Waals surface area (Å²) in [7, 11) is 0. The molecular formula is C6H10O2. The molecule has 0 unspecified atom stereocenters. The van der Waals surface area contributed by atoms with Crippen molar-refractivity contribution in [1.29, 1.82) is 0 Å². The Bertz CT molecular complexity index is 56.8. The average molecular weight is 114 g/mol. The first-order chi connectivity index (χ1) is 3.91. The van der Waals surface area contributed by atoms with Crippen LogP contribution in [0.4, 0.5) is 0 Å². The van der Waals surface area contributed by atoms with Gasteiger partial charge >= 0.3 is 11.3 Å². The minimum atomic E-state index is 0.284. The predicted octanol–water partition coefficient (Wildman–Crippen LogP) is 0.907. The summed E-state index contributed by atoms with van der Waals surface area (Å²) in [6, 6.07) is 0. The van der Waals surface area contributed by atoms with Crippen LogP contribution in [0.3, 0.4) is 0 Å². The summed E-state index contributed by atoms with van der Waals surface area (Å²) in [5.41, 5.74) is 0. The fourth-order valence-corrected chi connectivity index (χ4v) is 0.236. The van der Waals surface area contributed by atoms with Crippen molar-refractivity contribution in [1.82, 2.24) is 0 Å². The Balaban J connectivity index is 0. The summed E-state index contributed by atoms with van der Waals surface area (Å²) < 4.78 is 7.50. The third-order valence-corrected chi connectivity index (χ3v) is 0.566. The van der Waals surface area contributed by atoms with Crippen molar-refractivity contribution < 1.29 is 9.76 Å². The molecule has 0 aliphatic rings. The van der Waals surface area contributed by atoms with Crippen molar-refractivity contribution >= 4 is 0 Å². The van der Waals surface area contributed by atoms with Crippen LogP contribution >= 0.6 is 0 Å². The van der Waals surface area contributed by atoms with E-state index in [4.69, 9.17) is 9.76 Å². The van der Waals surface area contributed by atoms with E-state index in [1.807, 2.05) is 0 Å². The van der Waals surface area contributed by atoms with Gasteiger partial charge in [-0.2, -0.15) is 0 Å². The van der Waals surface area contributed by atoms with Crippen LogP contribution in [-0.4, -0.2) is 11.7 Å². The molecule has 0 saturated heterocycles. The van der Waals surface area contributed by atoms with Gasteiger partial charge in [-0.3, -0.25) is 0 Å². The van der Waals surface area contributed by atoms with Gasteiger partial charge in [0.15, 0.2) is 0 Å². The number of aliphatic hydroxyl groups is 1. The molecule has 0 amide bonds. The second-order valence-electron chi connectivity index (χ2n) is 1.15. The molecule has 0 atom stereocenters. The number of allylic oxidation sites excluding steroid dienone is 1. The molecule has 0 fully saturated rings. The Kier molecular flexibility index (Phi) is 21.0. The Morgan fingerprint density at radius 1 is 1.62 bits per heavy atom. The summed E-state index contributed by atoms with van der Waals surface area (Å²) in [4.78, 5) is 0. The zero-order valence-corrected chi connectivity index (χ0v) is 4.76. The molecule has 0 radical (unpaired) electrons. The first kappa shape index (κ1) is 10.4. The van der Waals surface area contributed by atoms with Crippen LogP contribution < -0.4 is 0 Å². The zero-order valence-electron chi connectivity index (χ0n) is 4.76. The monoisotopic (exact) mass is 114 g/mol. The van der Waals surface area contributed by atoms with E-state index in [9.17, 15) is 0 Å². The van der Waals surface area contributed by atoms with Gasteiger partial charge in [-0.1, -0.05) is 6.08 Å². The van der Waals surface area contributed by atoms with Crippen LogP contribution in [-0.2, 0) is 4.65 Å². The van der Waals surface area contributed by atoms with Gasteiger partial charge in [-0.25, -0.2) is 0 Å². The maximum atomic E-state index is 8.15. The molecule has 0 aromatic heterocycles. The van der Waals surface area contributed by atoms with Crippen molar-refractivity contribution in [3.8, 4) is 0 Å². The molecule has 2 heteroatoms. The fourth-order valence-electron chi connectivity index (χ4n) is 0.236. The molecule has 0 heterocycles. The van der Waals surface area contributed by atoms with Crippen LogP contribution in [0.25, 0.3) is 0 Å². The molecule has 0 aliphatic carbocycles. The Morgan fingerprint density at radius 2 is 2.12 bits per heavy atom. The van der Waals surface area contributed by atoms with Gasteiger partial charge in [0.2, 0.25) is 0 Å². The van der Waals surface area contributed by atoms with Gasteiger partial charge in [-0.05, 0) is 12.8 Å². The van der Waals surface area contributed by atoms with E-state index < -0.39 is 0 Å². The number of unbranched alkanes of at least 4 members (excludes halogenated alkanes) is 1. The number of hydrogen-bond acceptors (Lipinski definition) is 1. The molecule has 0 saturated carbocycles. The van der Waals surface area contributed by atoms with Gasteiger partial charge in [0, 0.05) is 6.61 Å². The topological polar surface area (TPSA) is 40.1 Å². The molecule has 1 N–H and O–H groups in total. The minimum absolute atomic E-state index is 0.284. The summed E-state index contributed by atoms with van der Waals surface area (Å²) in [6.45, 7) is 8.27. The van der Waals surface area contributed by atoms with Gasteiger partial charge in [0.25, 0.3) is 0 Å². The standard InChI is InChI=1S/C5H10O.CO/c1-2-3-4-5-6;1-2/h2,6H,1,3-5H2;. The molecule has 0 spiro atoms. The third kappa shape index (κ3) is 18.0. The van der Waals surface area contributed by atoms with Gasteiger partial charge in [0.05, 0.1) is 0 Å². The van der Waals surface area contributed by atoms with Crippen molar-refractivity contribution in [2.75, 3.05) is 6.61 Å². The number of hydrogen-bond donors (Lipinski definition) is 1. The van der Waals surface area contributed by atoms with E-state index in [0.717, 1.165) is 12.8 Å². The van der Waals surface area contributed by atoms with E-state index in [2.05, 4.69) is 13.2 Å². The Morgan fingerprint density at radius 3 is 2.25 bits per heavy atom. The molecule has 0 bridgehead atoms. The van der Waals surface area contributed by atoms with Crippen molar-refractivity contribution in [3.63, 3.8) is 0 Å². The SMILES string of the molecule is C=CCCCO.[C-]#[O+]. The predicted molar refractivity (Wildman–Crippen MR) is 30.4 cm³/mol. The molecule has 0 rings (SSSR count). The van der Waals surface area contributed by atoms with E-state index in [-0.39, 0.29) is 6.61 Å². The second kappa shape index (κ2) is 16.1. The molecule has 8 heavy (non-hydrogen) atoms. The molecular weight excluding hydrogens is 104 g/mol. The van der Waals surface area contributed by atoms with Crippen molar-refractivity contribution in [2.45, 2.75) is 12.8 Å². The van der Waals surface area contributed by atoms with Crippen LogP contribution in [0.2, 0.25) is 0 Å². The van der Waals surface area contributed by atoms with Crippen LogP contribution in [0.1, 0.15) is 12.8 Å². The fraction of sp³-hybridized carbons (Fsp3) is 0.500. The second-order valence-corrected chi connectivity index (χ2v) is 1.15. The van der Waals surface area contributed by atoms with Crippen LogP contribution in [0.5, 0.6) is 0 Å². The maximum absolute atomic E-state index is 8.15. The van der Waals surface area contributed by atoms with E-state index >= 15 is 0 Å². The van der Waals surface area contributed by atoms with E-state index in [1.165, 1.54) is 0 Å². The van der Waals surface area contributed by atoms with Gasteiger partial charge in [0.1, 0.15) is 0 Å². The van der Waals surface area contributed by atoms with Crippen LogP contribution in [0, 0.1) is 6.65 Å². The zero-order chi connectivity index (χ0) is 6.83. The summed E-state index contributed by atoms with van der Waals surface area (Å²) in [5, 5.41) is 8.15. The third-order valence-electron chi connectivity index (χ3n) is 0.566. The van der Waals surface area contributed by atoms with Crippen molar-refractivity contribution in [2.24, 2.45) is 0 Å². The first-order valence-electron chi connectivity index (χ1n) is 2.34. The summed E-state index contributed by atoms with van der Waals surface area (Å²) in [5.74, 6) is 0. The number of aliphatic hydroxyl groups excluding tert-OH is 1. The molecule has 0 aliphatic heterocycles. The molecule has 2 nitrogen and oxygen atoms in total. The van der Waals surface area contributed by atoms with E-state index in [1.54, 1.807) is 6.08 Å². The molecule has 0 aromatic carbocycles. The Labute approximate surface area is 49.6 Å². The number of rotatable bonds is 3. The molecule has 46 valence electrons. The van der Waals surface area contributed by atoms with Gasteiger partial charge in [-0.15, -0.1) is 6.58 Å².